The standard InChI is InChI=1S/C19H15N7OS/c1-26(2)19-24-16(23-18(21)25-19)11(10-20)9-12-7-8-14(27-12)17-22-13-5-3-4-6-15(13)28-17/h3-9H,1-2H3,(H2,21,23,24,25). The van der Waals surface area contributed by atoms with Crippen LogP contribution in [0, 0.1) is 11.3 Å². The molecule has 0 aliphatic carbocycles. The van der Waals surface area contributed by atoms with Crippen LogP contribution in [0.4, 0.5) is 11.9 Å². The molecule has 3 heterocycles. The molecule has 0 amide bonds. The number of hydrogen-bond donors (Lipinski definition) is 1. The predicted molar refractivity (Wildman–Crippen MR) is 109 cm³/mol. The van der Waals surface area contributed by atoms with Crippen molar-refractivity contribution in [1.29, 1.82) is 5.26 Å². The number of nitrogens with two attached hydrogens (primary N) is 1. The molecule has 2 N–H and O–H groups in total. The third-order valence-corrected chi connectivity index (χ3v) is 4.87. The molecule has 4 aromatic rings. The highest BCUT2D eigenvalue weighted by atomic mass is 32.1. The van der Waals surface area contributed by atoms with Gasteiger partial charge in [0.1, 0.15) is 17.4 Å². The van der Waals surface area contributed by atoms with Gasteiger partial charge in [-0.1, -0.05) is 12.1 Å². The molecule has 9 heteroatoms. The first kappa shape index (κ1) is 17.6. The van der Waals surface area contributed by atoms with Gasteiger partial charge in [-0.15, -0.1) is 11.3 Å². The number of thiazole rings is 1. The summed E-state index contributed by atoms with van der Waals surface area (Å²) < 4.78 is 6.95. The molecule has 3 aromatic heterocycles. The fraction of sp³-hybridized carbons (Fsp3) is 0.105. The van der Waals surface area contributed by atoms with Crippen molar-refractivity contribution in [3.05, 3.63) is 48.0 Å². The number of aromatic nitrogens is 4. The number of fused-ring (bicyclic) bond motifs is 1. The number of nitrogen functional groups attached to an aromatic ring is 1. The van der Waals surface area contributed by atoms with Crippen LogP contribution in [0.2, 0.25) is 0 Å². The van der Waals surface area contributed by atoms with E-state index < -0.39 is 0 Å². The summed E-state index contributed by atoms with van der Waals surface area (Å²) in [5, 5.41) is 10.3. The van der Waals surface area contributed by atoms with E-state index in [9.17, 15) is 5.26 Å². The van der Waals surface area contributed by atoms with Gasteiger partial charge >= 0.3 is 0 Å². The van der Waals surface area contributed by atoms with Crippen molar-refractivity contribution < 1.29 is 4.42 Å². The summed E-state index contributed by atoms with van der Waals surface area (Å²) >= 11 is 1.55. The van der Waals surface area contributed by atoms with Gasteiger partial charge in [0, 0.05) is 20.2 Å². The summed E-state index contributed by atoms with van der Waals surface area (Å²) in [5.74, 6) is 1.74. The Bertz CT molecular complexity index is 1200. The van der Waals surface area contributed by atoms with E-state index in [2.05, 4.69) is 26.0 Å². The van der Waals surface area contributed by atoms with Crippen LogP contribution in [-0.2, 0) is 0 Å². The Labute approximate surface area is 164 Å². The van der Waals surface area contributed by atoms with Gasteiger partial charge in [0.05, 0.1) is 10.2 Å². The molecule has 0 radical (unpaired) electrons. The topological polar surface area (TPSA) is 118 Å². The number of allylic oxidation sites excluding steroid dienone is 1. The first-order chi connectivity index (χ1) is 13.5. The normalized spacial score (nSPS) is 11.5. The summed E-state index contributed by atoms with van der Waals surface area (Å²) in [4.78, 5) is 18.6. The molecule has 0 bridgehead atoms. The summed E-state index contributed by atoms with van der Waals surface area (Å²) in [7, 11) is 3.57. The molecule has 0 aliphatic rings. The van der Waals surface area contributed by atoms with E-state index in [4.69, 9.17) is 10.2 Å². The van der Waals surface area contributed by atoms with Crippen molar-refractivity contribution in [1.82, 2.24) is 19.9 Å². The fourth-order valence-corrected chi connectivity index (χ4v) is 3.44. The third-order valence-electron chi connectivity index (χ3n) is 3.82. The second kappa shape index (κ2) is 7.09. The molecule has 28 heavy (non-hydrogen) atoms. The average molecular weight is 389 g/mol. The molecule has 0 aliphatic heterocycles. The number of nitriles is 1. The van der Waals surface area contributed by atoms with Crippen molar-refractivity contribution in [3.63, 3.8) is 0 Å². The molecular formula is C19H15N7OS. The van der Waals surface area contributed by atoms with Gasteiger partial charge in [0.15, 0.2) is 16.6 Å². The van der Waals surface area contributed by atoms with Gasteiger partial charge in [0.25, 0.3) is 0 Å². The lowest BCUT2D eigenvalue weighted by molar-refractivity contribution is 0.571. The highest BCUT2D eigenvalue weighted by Crippen LogP contribution is 2.31. The Balaban J connectivity index is 1.69. The maximum absolute atomic E-state index is 9.56. The Morgan fingerprint density at radius 3 is 2.71 bits per heavy atom. The molecular weight excluding hydrogens is 374 g/mol. The van der Waals surface area contributed by atoms with E-state index >= 15 is 0 Å². The first-order valence-corrected chi connectivity index (χ1v) is 9.12. The lowest BCUT2D eigenvalue weighted by atomic mass is 10.2. The van der Waals surface area contributed by atoms with E-state index in [1.54, 1.807) is 42.5 Å². The minimum atomic E-state index is 0.0458. The van der Waals surface area contributed by atoms with E-state index in [1.165, 1.54) is 0 Å². The van der Waals surface area contributed by atoms with Crippen LogP contribution in [0.15, 0.2) is 40.8 Å². The zero-order chi connectivity index (χ0) is 19.7. The second-order valence-electron chi connectivity index (χ2n) is 6.07. The Kier molecular flexibility index (Phi) is 4.47. The van der Waals surface area contributed by atoms with Gasteiger partial charge in [-0.25, -0.2) is 4.98 Å². The van der Waals surface area contributed by atoms with Gasteiger partial charge < -0.3 is 15.1 Å². The molecule has 0 saturated carbocycles. The van der Waals surface area contributed by atoms with Gasteiger partial charge in [-0.3, -0.25) is 0 Å². The number of hydrogen-bond acceptors (Lipinski definition) is 9. The number of rotatable bonds is 4. The van der Waals surface area contributed by atoms with Gasteiger partial charge in [-0.05, 0) is 24.3 Å². The van der Waals surface area contributed by atoms with E-state index in [1.807, 2.05) is 30.3 Å². The van der Waals surface area contributed by atoms with Crippen LogP contribution in [0.25, 0.3) is 32.6 Å². The molecule has 4 rings (SSSR count). The van der Waals surface area contributed by atoms with Crippen LogP contribution in [0.5, 0.6) is 0 Å². The maximum atomic E-state index is 9.56. The van der Waals surface area contributed by atoms with Crippen LogP contribution >= 0.6 is 11.3 Å². The summed E-state index contributed by atoms with van der Waals surface area (Å²) in [5.41, 5.74) is 6.89. The fourth-order valence-electron chi connectivity index (χ4n) is 2.51. The monoisotopic (exact) mass is 389 g/mol. The summed E-state index contributed by atoms with van der Waals surface area (Å²) in [6.45, 7) is 0. The number of nitrogens with zero attached hydrogens (tertiary/aromatic N) is 6. The third kappa shape index (κ3) is 3.41. The van der Waals surface area contributed by atoms with Crippen molar-refractivity contribution in [2.45, 2.75) is 0 Å². The molecule has 0 saturated heterocycles. The Morgan fingerprint density at radius 1 is 1.14 bits per heavy atom. The smallest absolute Gasteiger partial charge is 0.230 e. The second-order valence-corrected chi connectivity index (χ2v) is 7.10. The van der Waals surface area contributed by atoms with Crippen molar-refractivity contribution in [2.24, 2.45) is 0 Å². The van der Waals surface area contributed by atoms with Gasteiger partial charge in [-0.2, -0.15) is 20.2 Å². The quantitative estimate of drug-likeness (QED) is 0.527. The molecule has 0 spiro atoms. The van der Waals surface area contributed by atoms with Crippen molar-refractivity contribution >= 4 is 45.1 Å². The highest BCUT2D eigenvalue weighted by Gasteiger charge is 2.13. The number of para-hydroxylation sites is 1. The SMILES string of the molecule is CN(C)c1nc(N)nc(C(C#N)=Cc2ccc(-c3nc4ccccc4s3)o2)n1. The Hall–Kier alpha value is -3.77. The minimum Gasteiger partial charge on any atom is -0.454 e. The average Bonchev–Trinajstić information content (AvgIpc) is 3.32. The van der Waals surface area contributed by atoms with E-state index in [-0.39, 0.29) is 17.3 Å². The molecule has 0 fully saturated rings. The number of anilines is 2. The lowest BCUT2D eigenvalue weighted by Crippen LogP contribution is -2.15. The van der Waals surface area contributed by atoms with Gasteiger partial charge in [0.2, 0.25) is 11.9 Å². The maximum Gasteiger partial charge on any atom is 0.230 e. The van der Waals surface area contributed by atoms with Crippen LogP contribution in [0.1, 0.15) is 11.6 Å². The highest BCUT2D eigenvalue weighted by molar-refractivity contribution is 7.21. The number of furan rings is 1. The first-order valence-electron chi connectivity index (χ1n) is 8.30. The molecule has 0 unspecified atom stereocenters. The predicted octanol–water partition coefficient (Wildman–Crippen LogP) is 3.45. The lowest BCUT2D eigenvalue weighted by Gasteiger charge is -2.10. The zero-order valence-electron chi connectivity index (χ0n) is 15.1. The molecule has 0 atom stereocenters. The van der Waals surface area contributed by atoms with E-state index in [0.717, 1.165) is 15.2 Å². The van der Waals surface area contributed by atoms with Crippen LogP contribution in [-0.4, -0.2) is 34.0 Å². The summed E-state index contributed by atoms with van der Waals surface area (Å²) in [6, 6.07) is 13.6. The molecule has 8 nitrogen and oxygen atoms in total. The van der Waals surface area contributed by atoms with E-state index in [0.29, 0.717) is 17.5 Å². The van der Waals surface area contributed by atoms with Crippen LogP contribution < -0.4 is 10.6 Å². The minimum absolute atomic E-state index is 0.0458. The van der Waals surface area contributed by atoms with Crippen LogP contribution in [0.3, 0.4) is 0 Å². The van der Waals surface area contributed by atoms with Crippen molar-refractivity contribution in [3.8, 4) is 16.8 Å². The van der Waals surface area contributed by atoms with Crippen molar-refractivity contribution in [2.75, 3.05) is 24.7 Å². The molecule has 1 aromatic carbocycles. The largest absolute Gasteiger partial charge is 0.454 e. The number of benzene rings is 1. The molecule has 138 valence electrons. The zero-order valence-corrected chi connectivity index (χ0v) is 15.9. The Morgan fingerprint density at radius 2 is 1.96 bits per heavy atom. The summed E-state index contributed by atoms with van der Waals surface area (Å²) in [6.07, 6.45) is 1.57.